The number of piperidine rings is 1. The van der Waals surface area contributed by atoms with Gasteiger partial charge in [-0.05, 0) is 38.0 Å². The normalized spacial score (nSPS) is 14.4. The molecule has 1 aliphatic heterocycles. The molecule has 1 aromatic carbocycles. The number of alkyl halides is 3. The van der Waals surface area contributed by atoms with Crippen molar-refractivity contribution in [1.82, 2.24) is 15.0 Å². The third-order valence-electron chi connectivity index (χ3n) is 5.44. The number of hydrogen-bond acceptors (Lipinski definition) is 9. The van der Waals surface area contributed by atoms with Gasteiger partial charge in [0.15, 0.2) is 5.13 Å². The topological polar surface area (TPSA) is 107 Å². The number of halogens is 4. The number of nitrogens with one attached hydrogen (secondary N) is 1. The molecule has 37 heavy (non-hydrogen) atoms. The van der Waals surface area contributed by atoms with E-state index in [2.05, 4.69) is 25.0 Å². The van der Waals surface area contributed by atoms with Gasteiger partial charge in [-0.2, -0.15) is 0 Å². The van der Waals surface area contributed by atoms with Crippen molar-refractivity contribution in [1.29, 1.82) is 0 Å². The third kappa shape index (κ3) is 7.07. The highest BCUT2D eigenvalue weighted by molar-refractivity contribution is 7.14. The van der Waals surface area contributed by atoms with Crippen LogP contribution in [-0.4, -0.2) is 52.9 Å². The number of esters is 1. The van der Waals surface area contributed by atoms with Crippen LogP contribution >= 0.6 is 22.9 Å². The Morgan fingerprint density at radius 2 is 1.95 bits per heavy atom. The van der Waals surface area contributed by atoms with Crippen LogP contribution in [0.4, 0.5) is 24.1 Å². The highest BCUT2D eigenvalue weighted by atomic mass is 35.5. The van der Waals surface area contributed by atoms with Crippen LogP contribution in [-0.2, 0) is 9.53 Å². The maximum absolute atomic E-state index is 12.6. The molecule has 1 saturated heterocycles. The SMILES string of the molecule is CCOC(=O)C1CCN(c2cnc(C(=O)Nc3nc(-c4cc(Cl)cc(OC(F)(F)F)c4)cs3)cn2)CC1. The van der Waals surface area contributed by atoms with Crippen LogP contribution < -0.4 is 15.0 Å². The van der Waals surface area contributed by atoms with Gasteiger partial charge in [-0.3, -0.25) is 14.9 Å². The number of anilines is 2. The van der Waals surface area contributed by atoms with Crippen molar-refractivity contribution in [2.24, 2.45) is 5.92 Å². The van der Waals surface area contributed by atoms with Crippen molar-refractivity contribution < 1.29 is 32.2 Å². The Morgan fingerprint density at radius 1 is 1.19 bits per heavy atom. The molecule has 0 aliphatic carbocycles. The lowest BCUT2D eigenvalue weighted by molar-refractivity contribution is -0.274. The third-order valence-corrected chi connectivity index (χ3v) is 6.41. The molecule has 3 heterocycles. The number of carbonyl (C=O) groups is 2. The lowest BCUT2D eigenvalue weighted by atomic mass is 9.97. The van der Waals surface area contributed by atoms with Crippen molar-refractivity contribution in [3.63, 3.8) is 0 Å². The molecule has 0 unspecified atom stereocenters. The smallest absolute Gasteiger partial charge is 0.466 e. The molecule has 4 rings (SSSR count). The summed E-state index contributed by atoms with van der Waals surface area (Å²) < 4.78 is 46.7. The van der Waals surface area contributed by atoms with Crippen molar-refractivity contribution in [3.8, 4) is 17.0 Å². The summed E-state index contributed by atoms with van der Waals surface area (Å²) in [5.41, 5.74) is 0.660. The van der Waals surface area contributed by atoms with Gasteiger partial charge in [-0.1, -0.05) is 11.6 Å². The second-order valence-corrected chi connectivity index (χ2v) is 9.28. The van der Waals surface area contributed by atoms with Gasteiger partial charge in [0.25, 0.3) is 5.91 Å². The summed E-state index contributed by atoms with van der Waals surface area (Å²) in [6.45, 7) is 3.37. The van der Waals surface area contributed by atoms with Crippen LogP contribution in [0, 0.1) is 5.92 Å². The van der Waals surface area contributed by atoms with E-state index in [9.17, 15) is 22.8 Å². The first-order valence-electron chi connectivity index (χ1n) is 11.2. The molecule has 9 nitrogen and oxygen atoms in total. The Bertz CT molecular complexity index is 1260. The molecule has 1 amide bonds. The van der Waals surface area contributed by atoms with E-state index in [0.717, 1.165) is 23.5 Å². The maximum atomic E-state index is 12.6. The summed E-state index contributed by atoms with van der Waals surface area (Å²) >= 11 is 7.00. The molecular formula is C23H21ClF3N5O4S. The quantitative estimate of drug-likeness (QED) is 0.397. The molecule has 0 atom stereocenters. The average molecular weight is 556 g/mol. The van der Waals surface area contributed by atoms with Gasteiger partial charge >= 0.3 is 12.3 Å². The molecule has 0 bridgehead atoms. The molecular weight excluding hydrogens is 535 g/mol. The minimum Gasteiger partial charge on any atom is -0.466 e. The molecule has 0 spiro atoms. The van der Waals surface area contributed by atoms with E-state index in [-0.39, 0.29) is 27.7 Å². The molecule has 1 aliphatic rings. The van der Waals surface area contributed by atoms with Crippen molar-refractivity contribution in [2.45, 2.75) is 26.1 Å². The van der Waals surface area contributed by atoms with E-state index < -0.39 is 18.0 Å². The van der Waals surface area contributed by atoms with Crippen LogP contribution in [0.25, 0.3) is 11.3 Å². The van der Waals surface area contributed by atoms with E-state index >= 15 is 0 Å². The number of aromatic nitrogens is 3. The fourth-order valence-corrected chi connectivity index (χ4v) is 4.67. The summed E-state index contributed by atoms with van der Waals surface area (Å²) in [5.74, 6) is -0.750. The van der Waals surface area contributed by atoms with Gasteiger partial charge in [-0.15, -0.1) is 24.5 Å². The number of thiazole rings is 1. The minimum atomic E-state index is -4.86. The van der Waals surface area contributed by atoms with Crippen molar-refractivity contribution >= 4 is 45.8 Å². The van der Waals surface area contributed by atoms with E-state index in [4.69, 9.17) is 16.3 Å². The lowest BCUT2D eigenvalue weighted by Gasteiger charge is -2.31. The number of nitrogens with zero attached hydrogens (tertiary/aromatic N) is 4. The second-order valence-electron chi connectivity index (χ2n) is 7.99. The molecule has 3 aromatic rings. The van der Waals surface area contributed by atoms with E-state index in [1.165, 1.54) is 18.5 Å². The van der Waals surface area contributed by atoms with Crippen LogP contribution in [0.15, 0.2) is 36.0 Å². The first-order valence-corrected chi connectivity index (χ1v) is 12.4. The van der Waals surface area contributed by atoms with Crippen LogP contribution in [0.2, 0.25) is 5.02 Å². The van der Waals surface area contributed by atoms with Gasteiger partial charge in [0.2, 0.25) is 0 Å². The van der Waals surface area contributed by atoms with Crippen LogP contribution in [0.1, 0.15) is 30.3 Å². The molecule has 14 heteroatoms. The molecule has 2 aromatic heterocycles. The average Bonchev–Trinajstić information content (AvgIpc) is 3.31. The van der Waals surface area contributed by atoms with Gasteiger partial charge in [0, 0.05) is 29.1 Å². The zero-order valence-electron chi connectivity index (χ0n) is 19.4. The summed E-state index contributed by atoms with van der Waals surface area (Å²) in [4.78, 5) is 39.3. The Balaban J connectivity index is 1.37. The molecule has 196 valence electrons. The summed E-state index contributed by atoms with van der Waals surface area (Å²) in [6.07, 6.45) is -0.745. The predicted molar refractivity (Wildman–Crippen MR) is 131 cm³/mol. The zero-order valence-corrected chi connectivity index (χ0v) is 21.0. The highest BCUT2D eigenvalue weighted by Crippen LogP contribution is 2.33. The Labute approximate surface area is 218 Å². The summed E-state index contributed by atoms with van der Waals surface area (Å²) in [7, 11) is 0. The molecule has 0 saturated carbocycles. The van der Waals surface area contributed by atoms with E-state index in [1.54, 1.807) is 12.3 Å². The largest absolute Gasteiger partial charge is 0.573 e. The summed E-state index contributed by atoms with van der Waals surface area (Å²) in [5, 5.41) is 4.42. The maximum Gasteiger partial charge on any atom is 0.573 e. The fraction of sp³-hybridized carbons (Fsp3) is 0.348. The van der Waals surface area contributed by atoms with Crippen molar-refractivity contribution in [3.05, 3.63) is 46.7 Å². The van der Waals surface area contributed by atoms with Crippen LogP contribution in [0.5, 0.6) is 5.75 Å². The van der Waals surface area contributed by atoms with E-state index in [0.29, 0.717) is 49.6 Å². The number of hydrogen-bond donors (Lipinski definition) is 1. The van der Waals surface area contributed by atoms with Gasteiger partial charge in [0.1, 0.15) is 17.3 Å². The number of benzene rings is 1. The predicted octanol–water partition coefficient (Wildman–Crippen LogP) is 5.18. The van der Waals surface area contributed by atoms with E-state index in [1.807, 2.05) is 4.90 Å². The van der Waals surface area contributed by atoms with Gasteiger partial charge in [-0.25, -0.2) is 15.0 Å². The first kappa shape index (κ1) is 26.6. The highest BCUT2D eigenvalue weighted by Gasteiger charge is 2.31. The minimum absolute atomic E-state index is 0.0378. The standard InChI is InChI=1S/C23H21ClF3N5O4S/c1-2-35-21(34)13-3-5-32(6-4-13)19-11-28-17(10-29-19)20(33)31-22-30-18(12-37-22)14-7-15(24)9-16(8-14)36-23(25,26)27/h7-13H,2-6H2,1H3,(H,30,31,33). The lowest BCUT2D eigenvalue weighted by Crippen LogP contribution is -2.37. The Morgan fingerprint density at radius 3 is 2.59 bits per heavy atom. The number of rotatable bonds is 7. The first-order chi connectivity index (χ1) is 17.6. The number of carbonyl (C=O) groups excluding carboxylic acids is 2. The monoisotopic (exact) mass is 555 g/mol. The Hall–Kier alpha value is -3.45. The molecule has 1 fully saturated rings. The van der Waals surface area contributed by atoms with Crippen molar-refractivity contribution in [2.75, 3.05) is 29.9 Å². The second kappa shape index (κ2) is 11.3. The summed E-state index contributed by atoms with van der Waals surface area (Å²) in [6, 6.07) is 3.63. The van der Waals surface area contributed by atoms with Gasteiger partial charge < -0.3 is 14.4 Å². The fourth-order valence-electron chi connectivity index (χ4n) is 3.73. The van der Waals surface area contributed by atoms with Gasteiger partial charge in [0.05, 0.1) is 30.6 Å². The Kier molecular flexibility index (Phi) is 8.13. The van der Waals surface area contributed by atoms with Crippen LogP contribution in [0.3, 0.4) is 0 Å². The number of amides is 1. The molecule has 1 N–H and O–H groups in total. The molecule has 0 radical (unpaired) electrons. The zero-order chi connectivity index (χ0) is 26.6. The number of ether oxygens (including phenoxy) is 2.